The molecule has 6 heteroatoms. The fraction of sp³-hybridized carbons (Fsp3) is 0.100. The Morgan fingerprint density at radius 1 is 0.694 bits per heavy atom. The molecule has 4 rings (SSSR count). The fourth-order valence-electron chi connectivity index (χ4n) is 3.61. The minimum absolute atomic E-state index is 0.246. The molecular weight excluding hydrogens is 518 g/mol. The standard InChI is InChI=1S/C30H24BrNO4/c1-20-12-14-23(15-13-20)29(34)32-25-18-16-24(17-19-25)30(35)36-28(26(31)21-8-4-2-5-9-21)27(33)22-10-6-3-7-11-22/h2-19,26,28H,1H3,(H,32,34)/t26-,28+/m0/s1. The smallest absolute Gasteiger partial charge is 0.338 e. The molecule has 180 valence electrons. The Hall–Kier alpha value is -4.03. The number of alkyl halides is 1. The van der Waals surface area contributed by atoms with Crippen LogP contribution in [0.15, 0.2) is 109 Å². The van der Waals surface area contributed by atoms with E-state index >= 15 is 0 Å². The summed E-state index contributed by atoms with van der Waals surface area (Å²) in [6.45, 7) is 1.95. The zero-order chi connectivity index (χ0) is 25.5. The van der Waals surface area contributed by atoms with Gasteiger partial charge >= 0.3 is 5.97 Å². The average molecular weight is 542 g/mol. The van der Waals surface area contributed by atoms with Gasteiger partial charge in [0.1, 0.15) is 0 Å². The van der Waals surface area contributed by atoms with Crippen molar-refractivity contribution in [2.75, 3.05) is 5.32 Å². The zero-order valence-electron chi connectivity index (χ0n) is 19.6. The molecule has 2 atom stereocenters. The maximum atomic E-state index is 13.3. The first-order chi connectivity index (χ1) is 17.4. The highest BCUT2D eigenvalue weighted by atomic mass is 79.9. The van der Waals surface area contributed by atoms with Crippen LogP contribution in [0.25, 0.3) is 0 Å². The highest BCUT2D eigenvalue weighted by Gasteiger charge is 2.32. The quantitative estimate of drug-likeness (QED) is 0.151. The van der Waals surface area contributed by atoms with E-state index in [9.17, 15) is 14.4 Å². The maximum absolute atomic E-state index is 13.3. The molecular formula is C30H24BrNO4. The second-order valence-electron chi connectivity index (χ2n) is 8.27. The van der Waals surface area contributed by atoms with Gasteiger partial charge in [0, 0.05) is 16.8 Å². The van der Waals surface area contributed by atoms with Crippen molar-refractivity contribution in [3.05, 3.63) is 137 Å². The minimum atomic E-state index is -1.08. The number of benzene rings is 4. The van der Waals surface area contributed by atoms with Crippen LogP contribution in [0.3, 0.4) is 0 Å². The maximum Gasteiger partial charge on any atom is 0.338 e. The zero-order valence-corrected chi connectivity index (χ0v) is 21.1. The van der Waals surface area contributed by atoms with Crippen molar-refractivity contribution in [2.45, 2.75) is 17.9 Å². The Labute approximate surface area is 218 Å². The van der Waals surface area contributed by atoms with Crippen molar-refractivity contribution >= 4 is 39.3 Å². The lowest BCUT2D eigenvalue weighted by molar-refractivity contribution is 0.0282. The van der Waals surface area contributed by atoms with Crippen LogP contribution in [0, 0.1) is 6.92 Å². The van der Waals surface area contributed by atoms with E-state index in [0.29, 0.717) is 16.8 Å². The lowest BCUT2D eigenvalue weighted by Crippen LogP contribution is -2.31. The molecule has 0 aromatic heterocycles. The monoisotopic (exact) mass is 541 g/mol. The molecule has 0 fully saturated rings. The number of aryl methyl sites for hydroxylation is 1. The van der Waals surface area contributed by atoms with E-state index in [-0.39, 0.29) is 17.3 Å². The molecule has 5 nitrogen and oxygen atoms in total. The molecule has 0 spiro atoms. The molecule has 0 unspecified atom stereocenters. The number of hydrogen-bond acceptors (Lipinski definition) is 4. The van der Waals surface area contributed by atoms with Gasteiger partial charge in [-0.1, -0.05) is 94.3 Å². The topological polar surface area (TPSA) is 72.5 Å². The third kappa shape index (κ3) is 6.15. The highest BCUT2D eigenvalue weighted by molar-refractivity contribution is 9.09. The van der Waals surface area contributed by atoms with Crippen molar-refractivity contribution < 1.29 is 19.1 Å². The van der Waals surface area contributed by atoms with Gasteiger partial charge in [-0.25, -0.2) is 4.79 Å². The Balaban J connectivity index is 1.50. The first-order valence-electron chi connectivity index (χ1n) is 11.4. The van der Waals surface area contributed by atoms with E-state index in [4.69, 9.17) is 4.74 Å². The predicted octanol–water partition coefficient (Wildman–Crippen LogP) is 6.79. The van der Waals surface area contributed by atoms with Crippen LogP contribution in [0.1, 0.15) is 47.0 Å². The lowest BCUT2D eigenvalue weighted by Gasteiger charge is -2.22. The molecule has 36 heavy (non-hydrogen) atoms. The third-order valence-electron chi connectivity index (χ3n) is 5.63. The number of carbonyl (C=O) groups is 3. The van der Waals surface area contributed by atoms with E-state index in [1.165, 1.54) is 0 Å². The fourth-order valence-corrected chi connectivity index (χ4v) is 4.26. The second-order valence-corrected chi connectivity index (χ2v) is 9.25. The summed E-state index contributed by atoms with van der Waals surface area (Å²) in [5.74, 6) is -1.19. The summed E-state index contributed by atoms with van der Waals surface area (Å²) in [7, 11) is 0. The van der Waals surface area contributed by atoms with Crippen LogP contribution in [-0.2, 0) is 4.74 Å². The first-order valence-corrected chi connectivity index (χ1v) is 12.3. The summed E-state index contributed by atoms with van der Waals surface area (Å²) < 4.78 is 5.75. The summed E-state index contributed by atoms with van der Waals surface area (Å²) in [4.78, 5) is 38.3. The average Bonchev–Trinajstić information content (AvgIpc) is 2.92. The number of esters is 1. The van der Waals surface area contributed by atoms with E-state index in [2.05, 4.69) is 21.2 Å². The summed E-state index contributed by atoms with van der Waals surface area (Å²) >= 11 is 3.57. The Kier molecular flexibility index (Phi) is 8.08. The van der Waals surface area contributed by atoms with E-state index in [1.807, 2.05) is 55.5 Å². The van der Waals surface area contributed by atoms with Crippen molar-refractivity contribution in [1.82, 2.24) is 0 Å². The van der Waals surface area contributed by atoms with Gasteiger partial charge in [0.2, 0.25) is 5.78 Å². The number of halogens is 1. The summed E-state index contributed by atoms with van der Waals surface area (Å²) in [6.07, 6.45) is -1.08. The second kappa shape index (κ2) is 11.6. The number of Topliss-reactive ketones (excluding diaryl/α,β-unsaturated/α-hetero) is 1. The number of hydrogen-bond donors (Lipinski definition) is 1. The van der Waals surface area contributed by atoms with Gasteiger partial charge in [-0.3, -0.25) is 9.59 Å². The Morgan fingerprint density at radius 2 is 1.25 bits per heavy atom. The molecule has 0 radical (unpaired) electrons. The molecule has 4 aromatic rings. The summed E-state index contributed by atoms with van der Waals surface area (Å²) in [5.41, 5.74) is 3.67. The normalized spacial score (nSPS) is 12.3. The highest BCUT2D eigenvalue weighted by Crippen LogP contribution is 2.31. The number of carbonyl (C=O) groups excluding carboxylic acids is 3. The van der Waals surface area contributed by atoms with Crippen LogP contribution < -0.4 is 5.32 Å². The summed E-state index contributed by atoms with van der Waals surface area (Å²) in [6, 6.07) is 31.7. The largest absolute Gasteiger partial charge is 0.449 e. The summed E-state index contributed by atoms with van der Waals surface area (Å²) in [5, 5.41) is 2.81. The van der Waals surface area contributed by atoms with Crippen molar-refractivity contribution in [1.29, 1.82) is 0 Å². The van der Waals surface area contributed by atoms with Gasteiger partial charge in [-0.2, -0.15) is 0 Å². The van der Waals surface area contributed by atoms with Crippen molar-refractivity contribution in [3.63, 3.8) is 0 Å². The SMILES string of the molecule is Cc1ccc(C(=O)Nc2ccc(C(=O)O[C@@H](C(=O)c3ccccc3)[C@@H](Br)c3ccccc3)cc2)cc1. The first kappa shape index (κ1) is 25.1. The van der Waals surface area contributed by atoms with Gasteiger partial charge in [0.15, 0.2) is 6.10 Å². The van der Waals surface area contributed by atoms with Crippen LogP contribution in [0.5, 0.6) is 0 Å². The molecule has 4 aromatic carbocycles. The number of amides is 1. The van der Waals surface area contributed by atoms with E-state index in [1.54, 1.807) is 60.7 Å². The van der Waals surface area contributed by atoms with Crippen LogP contribution >= 0.6 is 15.9 Å². The number of ketones is 1. The van der Waals surface area contributed by atoms with Crippen molar-refractivity contribution in [2.24, 2.45) is 0 Å². The van der Waals surface area contributed by atoms with E-state index < -0.39 is 16.9 Å². The van der Waals surface area contributed by atoms with Crippen LogP contribution in [-0.4, -0.2) is 23.8 Å². The Bertz CT molecular complexity index is 1340. The number of ether oxygens (including phenoxy) is 1. The number of nitrogens with one attached hydrogen (secondary N) is 1. The molecule has 1 amide bonds. The minimum Gasteiger partial charge on any atom is -0.449 e. The molecule has 0 aliphatic carbocycles. The molecule has 0 bridgehead atoms. The van der Waals surface area contributed by atoms with Gasteiger partial charge in [0.05, 0.1) is 10.4 Å². The van der Waals surface area contributed by atoms with Crippen molar-refractivity contribution in [3.8, 4) is 0 Å². The van der Waals surface area contributed by atoms with Gasteiger partial charge in [-0.05, 0) is 48.9 Å². The molecule has 0 heterocycles. The van der Waals surface area contributed by atoms with E-state index in [0.717, 1.165) is 11.1 Å². The lowest BCUT2D eigenvalue weighted by atomic mass is 9.99. The number of anilines is 1. The van der Waals surface area contributed by atoms with Gasteiger partial charge in [-0.15, -0.1) is 0 Å². The molecule has 1 N–H and O–H groups in total. The van der Waals surface area contributed by atoms with Crippen LogP contribution in [0.4, 0.5) is 5.69 Å². The van der Waals surface area contributed by atoms with Gasteiger partial charge in [0.25, 0.3) is 5.91 Å². The molecule has 0 aliphatic heterocycles. The molecule has 0 aliphatic rings. The molecule has 0 saturated heterocycles. The third-order valence-corrected chi connectivity index (χ3v) is 6.64. The van der Waals surface area contributed by atoms with Gasteiger partial charge < -0.3 is 10.1 Å². The molecule has 0 saturated carbocycles. The predicted molar refractivity (Wildman–Crippen MR) is 144 cm³/mol. The number of rotatable bonds is 8. The Morgan fingerprint density at radius 3 is 1.86 bits per heavy atom. The van der Waals surface area contributed by atoms with Crippen LogP contribution in [0.2, 0.25) is 0 Å².